The van der Waals surface area contributed by atoms with Crippen molar-refractivity contribution in [2.24, 2.45) is 11.7 Å². The molecule has 3 N–H and O–H groups in total. The molecule has 10 heteroatoms. The molecular weight excluding hydrogens is 358 g/mol. The molecule has 1 aromatic carbocycles. The summed E-state index contributed by atoms with van der Waals surface area (Å²) in [6.45, 7) is -0.574. The number of nitrogens with two attached hydrogens (primary N) is 1. The Labute approximate surface area is 146 Å². The minimum absolute atomic E-state index is 0.0936. The average molecular weight is 375 g/mol. The maximum atomic E-state index is 14.1. The number of benzene rings is 1. The highest BCUT2D eigenvalue weighted by molar-refractivity contribution is 5.84. The van der Waals surface area contributed by atoms with Crippen molar-refractivity contribution in [3.05, 3.63) is 29.6 Å². The third-order valence-corrected chi connectivity index (χ3v) is 4.87. The molecule has 3 aliphatic rings. The molecule has 0 unspecified atom stereocenters. The molecule has 3 fully saturated rings. The van der Waals surface area contributed by atoms with Gasteiger partial charge in [-0.05, 0) is 43.4 Å². The van der Waals surface area contributed by atoms with E-state index in [2.05, 4.69) is 10.1 Å². The van der Waals surface area contributed by atoms with Crippen molar-refractivity contribution < 1.29 is 31.9 Å². The Bertz CT molecular complexity index is 721. The van der Waals surface area contributed by atoms with E-state index in [4.69, 9.17) is 5.73 Å². The molecular formula is C16H17F4N3O3. The molecule has 142 valence electrons. The SMILES string of the molecule is NC(=O)NCC(=O)N(Cc1cc(OC(F)(F)F)ccc1F)C12CC(C1)C2. The maximum absolute atomic E-state index is 14.1. The number of primary amides is 1. The number of nitrogens with one attached hydrogen (secondary N) is 1. The normalized spacial score (nSPS) is 23.5. The number of carbonyl (C=O) groups is 2. The van der Waals surface area contributed by atoms with Crippen LogP contribution >= 0.6 is 0 Å². The lowest BCUT2D eigenvalue weighted by molar-refractivity contribution is -0.274. The summed E-state index contributed by atoms with van der Waals surface area (Å²) in [5, 5.41) is 2.19. The minimum Gasteiger partial charge on any atom is -0.406 e. The van der Waals surface area contributed by atoms with Gasteiger partial charge in [0.25, 0.3) is 0 Å². The average Bonchev–Trinajstić information content (AvgIpc) is 2.42. The second-order valence-electron chi connectivity index (χ2n) is 6.70. The van der Waals surface area contributed by atoms with Gasteiger partial charge in [0.2, 0.25) is 5.91 Å². The zero-order valence-corrected chi connectivity index (χ0v) is 13.6. The Morgan fingerprint density at radius 2 is 1.96 bits per heavy atom. The van der Waals surface area contributed by atoms with Gasteiger partial charge < -0.3 is 20.7 Å². The van der Waals surface area contributed by atoms with E-state index in [0.29, 0.717) is 5.92 Å². The van der Waals surface area contributed by atoms with Gasteiger partial charge in [-0.1, -0.05) is 0 Å². The van der Waals surface area contributed by atoms with Crippen LogP contribution in [0.15, 0.2) is 18.2 Å². The summed E-state index contributed by atoms with van der Waals surface area (Å²) in [7, 11) is 0. The second kappa shape index (κ2) is 6.33. The van der Waals surface area contributed by atoms with E-state index >= 15 is 0 Å². The molecule has 3 aliphatic carbocycles. The molecule has 26 heavy (non-hydrogen) atoms. The van der Waals surface area contributed by atoms with Crippen LogP contribution in [0, 0.1) is 11.7 Å². The van der Waals surface area contributed by atoms with Crippen molar-refractivity contribution in [3.8, 4) is 5.75 Å². The van der Waals surface area contributed by atoms with Crippen LogP contribution in [0.25, 0.3) is 0 Å². The Morgan fingerprint density at radius 1 is 1.31 bits per heavy atom. The lowest BCUT2D eigenvalue weighted by atomic mass is 9.49. The first kappa shape index (κ1) is 18.3. The molecule has 4 rings (SSSR count). The number of ether oxygens (including phenoxy) is 1. The third-order valence-electron chi connectivity index (χ3n) is 4.87. The minimum atomic E-state index is -4.90. The lowest BCUT2D eigenvalue weighted by Crippen LogP contribution is -2.70. The quantitative estimate of drug-likeness (QED) is 0.748. The molecule has 0 aliphatic heterocycles. The van der Waals surface area contributed by atoms with E-state index in [-0.39, 0.29) is 18.7 Å². The molecule has 0 saturated heterocycles. The first-order chi connectivity index (χ1) is 12.1. The van der Waals surface area contributed by atoms with Gasteiger partial charge in [0.05, 0.1) is 6.54 Å². The lowest BCUT2D eigenvalue weighted by Gasteiger charge is -2.66. The van der Waals surface area contributed by atoms with Gasteiger partial charge in [-0.15, -0.1) is 13.2 Å². The van der Waals surface area contributed by atoms with E-state index in [1.807, 2.05) is 0 Å². The number of hydrogen-bond donors (Lipinski definition) is 2. The zero-order chi connectivity index (χ0) is 19.1. The van der Waals surface area contributed by atoms with Gasteiger partial charge >= 0.3 is 12.4 Å². The van der Waals surface area contributed by atoms with Crippen LogP contribution in [-0.4, -0.2) is 35.3 Å². The predicted molar refractivity (Wildman–Crippen MR) is 81.3 cm³/mol. The standard InChI is InChI=1S/C16H17F4N3O3/c17-12-2-1-11(26-16(18,19)20)3-10(12)8-23(13(24)7-22-14(21)25)15-4-9(5-15)6-15/h1-3,9H,4-8H2,(H3,21,22,25). The summed E-state index contributed by atoms with van der Waals surface area (Å²) in [6, 6.07) is 1.79. The molecule has 3 saturated carbocycles. The molecule has 2 bridgehead atoms. The number of alkyl halides is 3. The largest absolute Gasteiger partial charge is 0.573 e. The fourth-order valence-corrected chi connectivity index (χ4v) is 3.58. The first-order valence-electron chi connectivity index (χ1n) is 7.96. The highest BCUT2D eigenvalue weighted by Crippen LogP contribution is 2.60. The number of halogens is 4. The fourth-order valence-electron chi connectivity index (χ4n) is 3.58. The van der Waals surface area contributed by atoms with Gasteiger partial charge in [0.15, 0.2) is 0 Å². The van der Waals surface area contributed by atoms with Crippen LogP contribution in [0.2, 0.25) is 0 Å². The number of nitrogens with zero attached hydrogens (tertiary/aromatic N) is 1. The van der Waals surface area contributed by atoms with E-state index in [0.717, 1.165) is 37.5 Å². The summed E-state index contributed by atoms with van der Waals surface area (Å²) >= 11 is 0. The van der Waals surface area contributed by atoms with Crippen molar-refractivity contribution in [3.63, 3.8) is 0 Å². The second-order valence-corrected chi connectivity index (χ2v) is 6.70. The molecule has 0 radical (unpaired) electrons. The first-order valence-corrected chi connectivity index (χ1v) is 7.96. The molecule has 0 atom stereocenters. The third kappa shape index (κ3) is 3.68. The van der Waals surface area contributed by atoms with Crippen molar-refractivity contribution in [1.29, 1.82) is 0 Å². The van der Waals surface area contributed by atoms with E-state index in [1.54, 1.807) is 0 Å². The van der Waals surface area contributed by atoms with Gasteiger partial charge in [0.1, 0.15) is 11.6 Å². The molecule has 0 aromatic heterocycles. The van der Waals surface area contributed by atoms with Gasteiger partial charge in [-0.2, -0.15) is 0 Å². The Hall–Kier alpha value is -2.52. The molecule has 1 aromatic rings. The highest BCUT2D eigenvalue weighted by atomic mass is 19.4. The van der Waals surface area contributed by atoms with Crippen LogP contribution in [0.3, 0.4) is 0 Å². The van der Waals surface area contributed by atoms with Gasteiger partial charge in [0, 0.05) is 17.6 Å². The summed E-state index contributed by atoms with van der Waals surface area (Å²) in [4.78, 5) is 24.7. The summed E-state index contributed by atoms with van der Waals surface area (Å²) in [5.41, 5.74) is 4.44. The molecule has 6 nitrogen and oxygen atoms in total. The Morgan fingerprint density at radius 3 is 2.46 bits per heavy atom. The topological polar surface area (TPSA) is 84.7 Å². The van der Waals surface area contributed by atoms with Crippen molar-refractivity contribution in [2.75, 3.05) is 6.54 Å². The number of urea groups is 1. The fraction of sp³-hybridized carbons (Fsp3) is 0.500. The monoisotopic (exact) mass is 375 g/mol. The predicted octanol–water partition coefficient (Wildman–Crippen LogP) is 2.27. The van der Waals surface area contributed by atoms with Crippen molar-refractivity contribution in [1.82, 2.24) is 10.2 Å². The van der Waals surface area contributed by atoms with Crippen LogP contribution < -0.4 is 15.8 Å². The van der Waals surface area contributed by atoms with Gasteiger partial charge in [-0.3, -0.25) is 4.79 Å². The molecule has 0 spiro atoms. The number of carbonyl (C=O) groups excluding carboxylic acids is 2. The highest BCUT2D eigenvalue weighted by Gasteiger charge is 2.61. The summed E-state index contributed by atoms with van der Waals surface area (Å²) in [6.07, 6.45) is -2.62. The molecule has 0 heterocycles. The summed E-state index contributed by atoms with van der Waals surface area (Å²) in [5.74, 6) is -1.26. The van der Waals surface area contributed by atoms with Crippen molar-refractivity contribution >= 4 is 11.9 Å². The van der Waals surface area contributed by atoms with E-state index in [9.17, 15) is 27.2 Å². The zero-order valence-electron chi connectivity index (χ0n) is 13.6. The van der Waals surface area contributed by atoms with Crippen LogP contribution in [0.1, 0.15) is 24.8 Å². The van der Waals surface area contributed by atoms with Crippen LogP contribution in [0.4, 0.5) is 22.4 Å². The number of rotatable bonds is 6. The summed E-state index contributed by atoms with van der Waals surface area (Å²) < 4.78 is 55.0. The van der Waals surface area contributed by atoms with Crippen LogP contribution in [-0.2, 0) is 11.3 Å². The smallest absolute Gasteiger partial charge is 0.406 e. The Kier molecular flexibility index (Phi) is 4.45. The van der Waals surface area contributed by atoms with E-state index in [1.165, 1.54) is 4.90 Å². The number of amides is 3. The van der Waals surface area contributed by atoms with Crippen LogP contribution in [0.5, 0.6) is 5.75 Å². The maximum Gasteiger partial charge on any atom is 0.573 e. The van der Waals surface area contributed by atoms with E-state index < -0.39 is 35.4 Å². The van der Waals surface area contributed by atoms with Crippen molar-refractivity contribution in [2.45, 2.75) is 37.7 Å². The number of hydrogen-bond acceptors (Lipinski definition) is 3. The molecule has 3 amide bonds. The van der Waals surface area contributed by atoms with Gasteiger partial charge in [-0.25, -0.2) is 9.18 Å². The Balaban J connectivity index is 1.79.